The molecular formula is C24H32Cl2N4O8S2. The Kier molecular flexibility index (Phi) is 12.8. The minimum absolute atomic E-state index is 0.154. The van der Waals surface area contributed by atoms with E-state index >= 15 is 0 Å². The zero-order chi connectivity index (χ0) is 30.1. The third-order valence-corrected chi connectivity index (χ3v) is 8.66. The van der Waals surface area contributed by atoms with Gasteiger partial charge in [0.15, 0.2) is 0 Å². The van der Waals surface area contributed by atoms with Gasteiger partial charge in [-0.05, 0) is 90.5 Å². The van der Waals surface area contributed by atoms with Gasteiger partial charge in [0.1, 0.15) is 11.5 Å². The first-order valence-corrected chi connectivity index (χ1v) is 15.7. The summed E-state index contributed by atoms with van der Waals surface area (Å²) in [6.07, 6.45) is 1.18. The van der Waals surface area contributed by atoms with Gasteiger partial charge in [-0.25, -0.2) is 35.9 Å². The van der Waals surface area contributed by atoms with Crippen LogP contribution in [0.15, 0.2) is 46.2 Å². The molecule has 0 unspecified atom stereocenters. The molecule has 0 spiro atoms. The highest BCUT2D eigenvalue weighted by molar-refractivity contribution is 7.89. The molecule has 0 atom stereocenters. The third kappa shape index (κ3) is 10.6. The summed E-state index contributed by atoms with van der Waals surface area (Å²) in [6.45, 7) is 1.81. The van der Waals surface area contributed by atoms with Gasteiger partial charge in [0.25, 0.3) is 0 Å². The molecule has 16 heteroatoms. The number of sulfonamides is 2. The largest absolute Gasteiger partial charge is 0.423 e. The maximum absolute atomic E-state index is 12.5. The van der Waals surface area contributed by atoms with E-state index in [1.54, 1.807) is 0 Å². The van der Waals surface area contributed by atoms with Crippen molar-refractivity contribution in [2.24, 2.45) is 0 Å². The number of halogens is 2. The van der Waals surface area contributed by atoms with Gasteiger partial charge in [0.05, 0.1) is 19.8 Å². The van der Waals surface area contributed by atoms with Gasteiger partial charge in [-0.2, -0.15) is 0 Å². The highest BCUT2D eigenvalue weighted by atomic mass is 35.5. The lowest BCUT2D eigenvalue weighted by Gasteiger charge is -2.12. The molecule has 0 saturated heterocycles. The number of benzene rings is 2. The highest BCUT2D eigenvalue weighted by Crippen LogP contribution is 2.29. The van der Waals surface area contributed by atoms with E-state index in [1.165, 1.54) is 12.1 Å². The number of esters is 2. The number of carbonyl (C=O) groups excluding carboxylic acids is 2. The van der Waals surface area contributed by atoms with E-state index in [1.807, 2.05) is 38.0 Å². The van der Waals surface area contributed by atoms with Crippen LogP contribution in [0.1, 0.15) is 12.8 Å². The second-order valence-electron chi connectivity index (χ2n) is 9.07. The monoisotopic (exact) mass is 638 g/mol. The number of nitrogens with zero attached hydrogens (tertiary/aromatic N) is 2. The predicted octanol–water partition coefficient (Wildman–Crippen LogP) is 1.96. The molecule has 222 valence electrons. The molecule has 0 aromatic heterocycles. The van der Waals surface area contributed by atoms with Crippen molar-refractivity contribution in [2.75, 3.05) is 54.4 Å². The van der Waals surface area contributed by atoms with Crippen molar-refractivity contribution in [2.45, 2.75) is 22.6 Å². The molecule has 0 bridgehead atoms. The fourth-order valence-electron chi connectivity index (χ4n) is 3.12. The van der Waals surface area contributed by atoms with Gasteiger partial charge in [-0.3, -0.25) is 0 Å². The Morgan fingerprint density at radius 1 is 0.700 bits per heavy atom. The molecule has 0 aliphatic carbocycles. The Bertz CT molecular complexity index is 1310. The number of hydrogen-bond acceptors (Lipinski definition) is 10. The van der Waals surface area contributed by atoms with Crippen molar-refractivity contribution < 1.29 is 35.9 Å². The molecule has 0 heterocycles. The van der Waals surface area contributed by atoms with Crippen LogP contribution in [0.3, 0.4) is 0 Å². The summed E-state index contributed by atoms with van der Waals surface area (Å²) in [6, 6.07) is 6.74. The third-order valence-electron chi connectivity index (χ3n) is 5.15. The fraction of sp³-hybridized carbons (Fsp3) is 0.417. The summed E-state index contributed by atoms with van der Waals surface area (Å²) in [5.41, 5.74) is 0. The molecule has 12 nitrogen and oxygen atoms in total. The maximum Gasteiger partial charge on any atom is 0.423 e. The van der Waals surface area contributed by atoms with Gasteiger partial charge in [0, 0.05) is 13.1 Å². The zero-order valence-corrected chi connectivity index (χ0v) is 25.6. The summed E-state index contributed by atoms with van der Waals surface area (Å²) < 4.78 is 64.6. The number of ether oxygens (including phenoxy) is 2. The Morgan fingerprint density at radius 3 is 1.35 bits per heavy atom. The van der Waals surface area contributed by atoms with Crippen LogP contribution in [-0.2, 0) is 29.6 Å². The van der Waals surface area contributed by atoms with Gasteiger partial charge >= 0.3 is 11.9 Å². The molecule has 2 aromatic rings. The molecule has 2 rings (SSSR count). The molecule has 0 aliphatic heterocycles. The molecule has 0 fully saturated rings. The molecular weight excluding hydrogens is 607 g/mol. The first-order valence-electron chi connectivity index (χ1n) is 11.9. The quantitative estimate of drug-likeness (QED) is 0.136. The van der Waals surface area contributed by atoms with E-state index in [-0.39, 0.29) is 44.4 Å². The lowest BCUT2D eigenvalue weighted by atomic mass is 10.3. The molecule has 0 radical (unpaired) electrons. The SMILES string of the molecule is CN(C)CCCNS(=O)(=O)c1ccc(OC(=O)C(=O)Oc2ccc(S(=O)(=O)NCCCN(C)C)cc2Cl)c(Cl)c1. The summed E-state index contributed by atoms with van der Waals surface area (Å²) >= 11 is 12.2. The summed E-state index contributed by atoms with van der Waals surface area (Å²) in [7, 11) is -0.242. The van der Waals surface area contributed by atoms with E-state index in [4.69, 9.17) is 32.7 Å². The van der Waals surface area contributed by atoms with E-state index in [2.05, 4.69) is 9.44 Å². The number of nitrogens with one attached hydrogen (secondary N) is 2. The van der Waals surface area contributed by atoms with Crippen molar-refractivity contribution in [3.05, 3.63) is 46.4 Å². The Hall–Kier alpha value is -2.30. The van der Waals surface area contributed by atoms with Crippen LogP contribution < -0.4 is 18.9 Å². The van der Waals surface area contributed by atoms with E-state index in [0.29, 0.717) is 25.9 Å². The van der Waals surface area contributed by atoms with Crippen LogP contribution in [0, 0.1) is 0 Å². The first kappa shape index (κ1) is 33.9. The van der Waals surface area contributed by atoms with E-state index < -0.39 is 32.0 Å². The van der Waals surface area contributed by atoms with Crippen molar-refractivity contribution >= 4 is 55.2 Å². The molecule has 2 aromatic carbocycles. The highest BCUT2D eigenvalue weighted by Gasteiger charge is 2.24. The number of rotatable bonds is 14. The Balaban J connectivity index is 2.00. The topological polar surface area (TPSA) is 151 Å². The van der Waals surface area contributed by atoms with Crippen LogP contribution in [0.25, 0.3) is 0 Å². The lowest BCUT2D eigenvalue weighted by molar-refractivity contribution is -0.156. The van der Waals surface area contributed by atoms with Crippen LogP contribution in [0.4, 0.5) is 0 Å². The molecule has 2 N–H and O–H groups in total. The minimum atomic E-state index is -3.86. The molecule has 0 amide bonds. The zero-order valence-electron chi connectivity index (χ0n) is 22.4. The van der Waals surface area contributed by atoms with Gasteiger partial charge in [-0.15, -0.1) is 0 Å². The normalized spacial score (nSPS) is 12.1. The Labute approximate surface area is 244 Å². The van der Waals surface area contributed by atoms with Crippen molar-refractivity contribution in [3.63, 3.8) is 0 Å². The predicted molar refractivity (Wildman–Crippen MR) is 151 cm³/mol. The average Bonchev–Trinajstić information content (AvgIpc) is 2.86. The maximum atomic E-state index is 12.5. The Morgan fingerprint density at radius 2 is 1.05 bits per heavy atom. The lowest BCUT2D eigenvalue weighted by Crippen LogP contribution is -2.28. The van der Waals surface area contributed by atoms with Crippen LogP contribution in [0.5, 0.6) is 11.5 Å². The van der Waals surface area contributed by atoms with Gasteiger partial charge in [0.2, 0.25) is 20.0 Å². The smallest absolute Gasteiger partial charge is 0.416 e. The molecule has 40 heavy (non-hydrogen) atoms. The van der Waals surface area contributed by atoms with E-state index in [9.17, 15) is 26.4 Å². The van der Waals surface area contributed by atoms with Crippen molar-refractivity contribution in [3.8, 4) is 11.5 Å². The van der Waals surface area contributed by atoms with Gasteiger partial charge < -0.3 is 19.3 Å². The second kappa shape index (κ2) is 15.1. The second-order valence-corrected chi connectivity index (χ2v) is 13.4. The van der Waals surface area contributed by atoms with Gasteiger partial charge in [-0.1, -0.05) is 23.2 Å². The van der Waals surface area contributed by atoms with Crippen LogP contribution in [-0.4, -0.2) is 92.9 Å². The first-order chi connectivity index (χ1) is 18.6. The van der Waals surface area contributed by atoms with E-state index in [0.717, 1.165) is 24.3 Å². The minimum Gasteiger partial charge on any atom is -0.416 e. The number of hydrogen-bond donors (Lipinski definition) is 2. The summed E-state index contributed by atoms with van der Waals surface area (Å²) in [5, 5.41) is -0.467. The van der Waals surface area contributed by atoms with Crippen molar-refractivity contribution in [1.82, 2.24) is 19.2 Å². The number of carbonyl (C=O) groups is 2. The fourth-order valence-corrected chi connectivity index (χ4v) is 5.88. The molecule has 0 aliphatic rings. The van der Waals surface area contributed by atoms with Crippen LogP contribution in [0.2, 0.25) is 10.0 Å². The van der Waals surface area contributed by atoms with Crippen molar-refractivity contribution in [1.29, 1.82) is 0 Å². The standard InChI is InChI=1S/C24H32Cl2N4O8S2/c1-29(2)13-5-11-27-39(33,34)17-7-9-21(19(25)15-17)37-23(31)24(32)38-22-10-8-18(16-20(22)26)40(35,36)28-12-6-14-30(3)4/h7-10,15-16,27-28H,5-6,11-14H2,1-4H3. The summed E-state index contributed by atoms with van der Waals surface area (Å²) in [4.78, 5) is 28.1. The summed E-state index contributed by atoms with van der Waals surface area (Å²) in [5.74, 6) is -3.48. The van der Waals surface area contributed by atoms with Crippen LogP contribution >= 0.6 is 23.2 Å². The molecule has 0 saturated carbocycles. The average molecular weight is 640 g/mol.